The van der Waals surface area contributed by atoms with Crippen LogP contribution in [0.3, 0.4) is 0 Å². The van der Waals surface area contributed by atoms with Crippen LogP contribution in [0.15, 0.2) is 0 Å². The second kappa shape index (κ2) is 3.05. The predicted molar refractivity (Wildman–Crippen MR) is 40.8 cm³/mol. The molecule has 0 spiro atoms. The molecule has 1 nitrogen and oxygen atoms in total. The fourth-order valence-electron chi connectivity index (χ4n) is 1.58. The van der Waals surface area contributed by atoms with Gasteiger partial charge in [0.25, 0.3) is 6.43 Å². The summed E-state index contributed by atoms with van der Waals surface area (Å²) in [5.41, 5.74) is 0.245. The Morgan fingerprint density at radius 2 is 2.09 bits per heavy atom. The van der Waals surface area contributed by atoms with Gasteiger partial charge >= 0.3 is 0 Å². The van der Waals surface area contributed by atoms with Gasteiger partial charge < -0.3 is 0 Å². The van der Waals surface area contributed by atoms with Crippen molar-refractivity contribution in [2.45, 2.75) is 26.7 Å². The van der Waals surface area contributed by atoms with E-state index in [1.807, 2.05) is 4.90 Å². The SMILES string of the molecule is CC1(C)CCN(CC(F)F)C1. The first-order valence-corrected chi connectivity index (χ1v) is 4.00. The first-order chi connectivity index (χ1) is 4.99. The van der Waals surface area contributed by atoms with Crippen molar-refractivity contribution < 1.29 is 8.78 Å². The topological polar surface area (TPSA) is 3.24 Å². The van der Waals surface area contributed by atoms with Crippen LogP contribution >= 0.6 is 0 Å². The summed E-state index contributed by atoms with van der Waals surface area (Å²) in [6, 6.07) is 0. The van der Waals surface area contributed by atoms with Gasteiger partial charge in [-0.25, -0.2) is 8.78 Å². The second-order valence-corrected chi connectivity index (χ2v) is 4.04. The van der Waals surface area contributed by atoms with E-state index < -0.39 is 6.43 Å². The fourth-order valence-corrected chi connectivity index (χ4v) is 1.58. The van der Waals surface area contributed by atoms with Gasteiger partial charge in [-0.2, -0.15) is 0 Å². The zero-order valence-corrected chi connectivity index (χ0v) is 7.11. The molecule has 1 saturated heterocycles. The summed E-state index contributed by atoms with van der Waals surface area (Å²) < 4.78 is 23.8. The Kier molecular flexibility index (Phi) is 2.47. The third-order valence-electron chi connectivity index (χ3n) is 2.15. The maximum Gasteiger partial charge on any atom is 0.251 e. The highest BCUT2D eigenvalue weighted by atomic mass is 19.3. The van der Waals surface area contributed by atoms with Gasteiger partial charge in [0.05, 0.1) is 6.54 Å². The molecule has 0 bridgehead atoms. The molecule has 0 saturated carbocycles. The monoisotopic (exact) mass is 163 g/mol. The summed E-state index contributed by atoms with van der Waals surface area (Å²) in [6.07, 6.45) is -1.14. The van der Waals surface area contributed by atoms with Crippen molar-refractivity contribution >= 4 is 0 Å². The Balaban J connectivity index is 2.31. The van der Waals surface area contributed by atoms with Crippen molar-refractivity contribution in [3.63, 3.8) is 0 Å². The molecule has 0 radical (unpaired) electrons. The molecular weight excluding hydrogens is 148 g/mol. The molecule has 1 heterocycles. The first-order valence-electron chi connectivity index (χ1n) is 4.00. The van der Waals surface area contributed by atoms with Gasteiger partial charge in [-0.1, -0.05) is 13.8 Å². The molecule has 0 aliphatic carbocycles. The second-order valence-electron chi connectivity index (χ2n) is 4.04. The van der Waals surface area contributed by atoms with Crippen LogP contribution in [0, 0.1) is 5.41 Å². The van der Waals surface area contributed by atoms with Crippen molar-refractivity contribution in [2.75, 3.05) is 19.6 Å². The van der Waals surface area contributed by atoms with Crippen molar-refractivity contribution in [3.8, 4) is 0 Å². The van der Waals surface area contributed by atoms with Crippen LogP contribution in [0.2, 0.25) is 0 Å². The van der Waals surface area contributed by atoms with E-state index in [2.05, 4.69) is 13.8 Å². The van der Waals surface area contributed by atoms with Gasteiger partial charge in [0.1, 0.15) is 0 Å². The van der Waals surface area contributed by atoms with Gasteiger partial charge in [0, 0.05) is 6.54 Å². The number of likely N-dealkylation sites (tertiary alicyclic amines) is 1. The number of rotatable bonds is 2. The Morgan fingerprint density at radius 1 is 1.45 bits per heavy atom. The van der Waals surface area contributed by atoms with Crippen LogP contribution in [0.25, 0.3) is 0 Å². The summed E-state index contributed by atoms with van der Waals surface area (Å²) >= 11 is 0. The molecule has 1 fully saturated rings. The van der Waals surface area contributed by atoms with E-state index in [9.17, 15) is 8.78 Å². The van der Waals surface area contributed by atoms with E-state index >= 15 is 0 Å². The van der Waals surface area contributed by atoms with Crippen LogP contribution in [-0.2, 0) is 0 Å². The zero-order valence-electron chi connectivity index (χ0n) is 7.11. The van der Waals surface area contributed by atoms with Crippen LogP contribution in [0.5, 0.6) is 0 Å². The average molecular weight is 163 g/mol. The summed E-state index contributed by atoms with van der Waals surface area (Å²) in [4.78, 5) is 1.84. The van der Waals surface area contributed by atoms with Gasteiger partial charge in [-0.3, -0.25) is 4.90 Å². The molecular formula is C8H15F2N. The average Bonchev–Trinajstić information content (AvgIpc) is 2.08. The third-order valence-corrected chi connectivity index (χ3v) is 2.15. The molecule has 3 heteroatoms. The zero-order chi connectivity index (χ0) is 8.48. The summed E-state index contributed by atoms with van der Waals surface area (Å²) in [5.74, 6) is 0. The molecule has 1 aliphatic heterocycles. The highest BCUT2D eigenvalue weighted by Gasteiger charge is 2.30. The Labute approximate surface area is 66.4 Å². The summed E-state index contributed by atoms with van der Waals surface area (Å²) in [5, 5.41) is 0. The lowest BCUT2D eigenvalue weighted by atomic mass is 9.93. The summed E-state index contributed by atoms with van der Waals surface area (Å²) in [7, 11) is 0. The molecule has 1 rings (SSSR count). The fraction of sp³-hybridized carbons (Fsp3) is 1.00. The lowest BCUT2D eigenvalue weighted by molar-refractivity contribution is 0.0953. The lowest BCUT2D eigenvalue weighted by Gasteiger charge is -2.18. The maximum absolute atomic E-state index is 11.9. The maximum atomic E-state index is 11.9. The van der Waals surface area contributed by atoms with E-state index in [0.717, 1.165) is 19.5 Å². The van der Waals surface area contributed by atoms with Crippen LogP contribution in [-0.4, -0.2) is 31.0 Å². The Hall–Kier alpha value is -0.180. The molecule has 0 aromatic rings. The largest absolute Gasteiger partial charge is 0.297 e. The van der Waals surface area contributed by atoms with E-state index in [-0.39, 0.29) is 12.0 Å². The highest BCUT2D eigenvalue weighted by molar-refractivity contribution is 4.82. The van der Waals surface area contributed by atoms with Crippen molar-refractivity contribution in [3.05, 3.63) is 0 Å². The molecule has 1 aliphatic rings. The minimum Gasteiger partial charge on any atom is -0.297 e. The summed E-state index contributed by atoms with van der Waals surface area (Å²) in [6.45, 7) is 5.84. The van der Waals surface area contributed by atoms with Crippen molar-refractivity contribution in [1.82, 2.24) is 4.90 Å². The number of nitrogens with zero attached hydrogens (tertiary/aromatic N) is 1. The van der Waals surface area contributed by atoms with Gasteiger partial charge in [0.15, 0.2) is 0 Å². The Morgan fingerprint density at radius 3 is 2.45 bits per heavy atom. The van der Waals surface area contributed by atoms with Gasteiger partial charge in [0.2, 0.25) is 0 Å². The molecule has 0 aromatic heterocycles. The van der Waals surface area contributed by atoms with Crippen LogP contribution in [0.4, 0.5) is 8.78 Å². The van der Waals surface area contributed by atoms with Crippen molar-refractivity contribution in [1.29, 1.82) is 0 Å². The van der Waals surface area contributed by atoms with Gasteiger partial charge in [-0.05, 0) is 18.4 Å². The predicted octanol–water partition coefficient (Wildman–Crippen LogP) is 1.98. The highest BCUT2D eigenvalue weighted by Crippen LogP contribution is 2.28. The minimum atomic E-state index is -2.18. The number of alkyl halides is 2. The third kappa shape index (κ3) is 2.73. The van der Waals surface area contributed by atoms with E-state index in [1.165, 1.54) is 0 Å². The van der Waals surface area contributed by atoms with Crippen LogP contribution < -0.4 is 0 Å². The molecule has 0 amide bonds. The van der Waals surface area contributed by atoms with E-state index in [1.54, 1.807) is 0 Å². The van der Waals surface area contributed by atoms with Crippen LogP contribution in [0.1, 0.15) is 20.3 Å². The standard InChI is InChI=1S/C8H15F2N/c1-8(2)3-4-11(6-8)5-7(9)10/h7H,3-6H2,1-2H3. The first kappa shape index (κ1) is 8.91. The van der Waals surface area contributed by atoms with Gasteiger partial charge in [-0.15, -0.1) is 0 Å². The normalized spacial score (nSPS) is 24.8. The molecule has 0 atom stereocenters. The quantitative estimate of drug-likeness (QED) is 0.601. The smallest absolute Gasteiger partial charge is 0.251 e. The van der Waals surface area contributed by atoms with Crippen molar-refractivity contribution in [2.24, 2.45) is 5.41 Å². The van der Waals surface area contributed by atoms with E-state index in [0.29, 0.717) is 0 Å². The molecule has 0 N–H and O–H groups in total. The van der Waals surface area contributed by atoms with E-state index in [4.69, 9.17) is 0 Å². The number of hydrogen-bond acceptors (Lipinski definition) is 1. The molecule has 11 heavy (non-hydrogen) atoms. The number of halogens is 2. The Bertz CT molecular complexity index is 134. The minimum absolute atomic E-state index is 0.0522. The number of hydrogen-bond donors (Lipinski definition) is 0. The molecule has 0 aromatic carbocycles. The molecule has 66 valence electrons. The molecule has 0 unspecified atom stereocenters. The lowest BCUT2D eigenvalue weighted by Crippen LogP contribution is -2.28.